The van der Waals surface area contributed by atoms with Crippen molar-refractivity contribution in [2.45, 2.75) is 51.9 Å². The van der Waals surface area contributed by atoms with Crippen molar-refractivity contribution < 1.29 is 9.53 Å². The summed E-state index contributed by atoms with van der Waals surface area (Å²) in [6, 6.07) is -0.121. The van der Waals surface area contributed by atoms with Gasteiger partial charge in [0.1, 0.15) is 0 Å². The summed E-state index contributed by atoms with van der Waals surface area (Å²) < 4.78 is 5.65. The molecule has 0 radical (unpaired) electrons. The van der Waals surface area contributed by atoms with Crippen molar-refractivity contribution in [2.24, 2.45) is 5.84 Å². The number of carbonyl (C=O) groups excluding carboxylic acids is 1. The quantitative estimate of drug-likeness (QED) is 0.412. The third-order valence-electron chi connectivity index (χ3n) is 2.90. The number of amides is 1. The minimum Gasteiger partial charge on any atom is -0.373 e. The number of nitrogens with two attached hydrogens (primary N) is 1. The normalized spacial score (nSPS) is 28.8. The SMILES string of the molecule is CCC[C@@H](C(=O)NN)N1C[C@H](C)O[C@@H](C)C1. The summed E-state index contributed by atoms with van der Waals surface area (Å²) in [5.74, 6) is 5.13. The molecule has 0 bridgehead atoms. The third kappa shape index (κ3) is 3.43. The van der Waals surface area contributed by atoms with E-state index in [0.29, 0.717) is 0 Å². The Bertz CT molecular complexity index is 225. The maximum absolute atomic E-state index is 11.7. The van der Waals surface area contributed by atoms with Gasteiger partial charge in [-0.25, -0.2) is 5.84 Å². The van der Waals surface area contributed by atoms with Crippen LogP contribution in [0.3, 0.4) is 0 Å². The fourth-order valence-electron chi connectivity index (χ4n) is 2.32. The number of nitrogens with zero attached hydrogens (tertiary/aromatic N) is 1. The van der Waals surface area contributed by atoms with Crippen molar-refractivity contribution in [3.63, 3.8) is 0 Å². The van der Waals surface area contributed by atoms with Crippen LogP contribution in [-0.4, -0.2) is 42.1 Å². The van der Waals surface area contributed by atoms with E-state index in [0.717, 1.165) is 25.9 Å². The van der Waals surface area contributed by atoms with E-state index in [1.54, 1.807) is 0 Å². The predicted octanol–water partition coefficient (Wildman–Crippen LogP) is 0.254. The predicted molar refractivity (Wildman–Crippen MR) is 62.6 cm³/mol. The summed E-state index contributed by atoms with van der Waals surface area (Å²) in [6.07, 6.45) is 2.16. The summed E-state index contributed by atoms with van der Waals surface area (Å²) in [5, 5.41) is 0. The van der Waals surface area contributed by atoms with Gasteiger partial charge in [-0.3, -0.25) is 15.1 Å². The van der Waals surface area contributed by atoms with Crippen LogP contribution in [0.5, 0.6) is 0 Å². The highest BCUT2D eigenvalue weighted by atomic mass is 16.5. The largest absolute Gasteiger partial charge is 0.373 e. The van der Waals surface area contributed by atoms with Gasteiger partial charge in [0.25, 0.3) is 5.91 Å². The molecule has 0 aromatic rings. The van der Waals surface area contributed by atoms with Gasteiger partial charge in [0.05, 0.1) is 18.2 Å². The molecule has 5 heteroatoms. The van der Waals surface area contributed by atoms with Crippen LogP contribution in [0.15, 0.2) is 0 Å². The lowest BCUT2D eigenvalue weighted by atomic mass is 10.1. The van der Waals surface area contributed by atoms with Crippen LogP contribution in [0.4, 0.5) is 0 Å². The van der Waals surface area contributed by atoms with E-state index in [1.807, 2.05) is 13.8 Å². The Hall–Kier alpha value is -0.650. The zero-order valence-electron chi connectivity index (χ0n) is 10.4. The highest BCUT2D eigenvalue weighted by Crippen LogP contribution is 2.16. The third-order valence-corrected chi connectivity index (χ3v) is 2.90. The average Bonchev–Trinajstić information content (AvgIpc) is 2.23. The summed E-state index contributed by atoms with van der Waals surface area (Å²) in [5.41, 5.74) is 2.26. The van der Waals surface area contributed by atoms with Crippen molar-refractivity contribution >= 4 is 5.91 Å². The molecule has 94 valence electrons. The molecule has 1 amide bonds. The lowest BCUT2D eigenvalue weighted by molar-refractivity contribution is -0.133. The standard InChI is InChI=1S/C11H23N3O2/c1-4-5-10(11(15)13-12)14-6-8(2)16-9(3)7-14/h8-10H,4-7,12H2,1-3H3,(H,13,15)/t8-,9-,10-/m0/s1. The number of nitrogens with one attached hydrogen (secondary N) is 1. The maximum Gasteiger partial charge on any atom is 0.251 e. The van der Waals surface area contributed by atoms with Crippen molar-refractivity contribution in [3.8, 4) is 0 Å². The number of hydrogen-bond donors (Lipinski definition) is 2. The molecule has 3 atom stereocenters. The number of morpholine rings is 1. The summed E-state index contributed by atoms with van der Waals surface area (Å²) in [7, 11) is 0. The van der Waals surface area contributed by atoms with Gasteiger partial charge in [0, 0.05) is 13.1 Å². The molecule has 16 heavy (non-hydrogen) atoms. The van der Waals surface area contributed by atoms with E-state index >= 15 is 0 Å². The summed E-state index contributed by atoms with van der Waals surface area (Å²) in [4.78, 5) is 13.9. The molecule has 0 aromatic heterocycles. The zero-order valence-corrected chi connectivity index (χ0v) is 10.4. The molecular formula is C11H23N3O2. The lowest BCUT2D eigenvalue weighted by Crippen LogP contribution is -2.56. The highest BCUT2D eigenvalue weighted by molar-refractivity contribution is 5.81. The monoisotopic (exact) mass is 229 g/mol. The average molecular weight is 229 g/mol. The van der Waals surface area contributed by atoms with Crippen LogP contribution in [0.1, 0.15) is 33.6 Å². The molecule has 0 aliphatic carbocycles. The van der Waals surface area contributed by atoms with Gasteiger partial charge in [0.15, 0.2) is 0 Å². The van der Waals surface area contributed by atoms with Gasteiger partial charge in [-0.05, 0) is 20.3 Å². The van der Waals surface area contributed by atoms with Crippen molar-refractivity contribution in [2.75, 3.05) is 13.1 Å². The van der Waals surface area contributed by atoms with Gasteiger partial charge in [-0.1, -0.05) is 13.3 Å². The molecule has 0 unspecified atom stereocenters. The molecular weight excluding hydrogens is 206 g/mol. The molecule has 0 aromatic carbocycles. The van der Waals surface area contributed by atoms with E-state index < -0.39 is 0 Å². The summed E-state index contributed by atoms with van der Waals surface area (Å²) >= 11 is 0. The van der Waals surface area contributed by atoms with Crippen LogP contribution in [0, 0.1) is 0 Å². The van der Waals surface area contributed by atoms with Gasteiger partial charge in [0.2, 0.25) is 0 Å². The Morgan fingerprint density at radius 3 is 2.50 bits per heavy atom. The topological polar surface area (TPSA) is 67.6 Å². The first-order valence-corrected chi connectivity index (χ1v) is 5.98. The number of hydrazine groups is 1. The van der Waals surface area contributed by atoms with Gasteiger partial charge in [-0.2, -0.15) is 0 Å². The molecule has 1 saturated heterocycles. The molecule has 1 aliphatic rings. The van der Waals surface area contributed by atoms with Crippen LogP contribution in [0.2, 0.25) is 0 Å². The van der Waals surface area contributed by atoms with Gasteiger partial charge >= 0.3 is 0 Å². The molecule has 3 N–H and O–H groups in total. The van der Waals surface area contributed by atoms with Crippen molar-refractivity contribution in [1.29, 1.82) is 0 Å². The molecule has 0 spiro atoms. The Balaban J connectivity index is 2.65. The van der Waals surface area contributed by atoms with E-state index in [4.69, 9.17) is 10.6 Å². The van der Waals surface area contributed by atoms with Crippen molar-refractivity contribution in [3.05, 3.63) is 0 Å². The van der Waals surface area contributed by atoms with Gasteiger partial charge < -0.3 is 4.74 Å². The number of hydrogen-bond acceptors (Lipinski definition) is 4. The Labute approximate surface area is 97.3 Å². The van der Waals surface area contributed by atoms with Gasteiger partial charge in [-0.15, -0.1) is 0 Å². The number of ether oxygens (including phenoxy) is 1. The second-order valence-electron chi connectivity index (χ2n) is 4.52. The molecule has 1 fully saturated rings. The molecule has 1 heterocycles. The second-order valence-corrected chi connectivity index (χ2v) is 4.52. The Kier molecular flexibility index (Phi) is 5.18. The molecule has 1 rings (SSSR count). The number of rotatable bonds is 4. The fraction of sp³-hybridized carbons (Fsp3) is 0.909. The lowest BCUT2D eigenvalue weighted by Gasteiger charge is -2.39. The van der Waals surface area contributed by atoms with E-state index in [-0.39, 0.29) is 24.2 Å². The van der Waals surface area contributed by atoms with Crippen LogP contribution >= 0.6 is 0 Å². The highest BCUT2D eigenvalue weighted by Gasteiger charge is 2.31. The zero-order chi connectivity index (χ0) is 12.1. The van der Waals surface area contributed by atoms with E-state index in [2.05, 4.69) is 17.2 Å². The molecule has 5 nitrogen and oxygen atoms in total. The number of carbonyl (C=O) groups is 1. The first kappa shape index (κ1) is 13.4. The Morgan fingerprint density at radius 1 is 1.50 bits per heavy atom. The Morgan fingerprint density at radius 2 is 2.06 bits per heavy atom. The molecule has 0 saturated carbocycles. The van der Waals surface area contributed by atoms with Crippen LogP contribution in [-0.2, 0) is 9.53 Å². The van der Waals surface area contributed by atoms with Crippen molar-refractivity contribution in [1.82, 2.24) is 10.3 Å². The maximum atomic E-state index is 11.7. The second kappa shape index (κ2) is 6.18. The van der Waals surface area contributed by atoms with E-state index in [9.17, 15) is 4.79 Å². The van der Waals surface area contributed by atoms with Crippen LogP contribution in [0.25, 0.3) is 0 Å². The first-order chi connectivity index (χ1) is 7.58. The molecule has 1 aliphatic heterocycles. The smallest absolute Gasteiger partial charge is 0.251 e. The van der Waals surface area contributed by atoms with Crippen LogP contribution < -0.4 is 11.3 Å². The minimum atomic E-state index is -0.121. The summed E-state index contributed by atoms with van der Waals surface area (Å²) in [6.45, 7) is 7.73. The first-order valence-electron chi connectivity index (χ1n) is 5.98. The minimum absolute atomic E-state index is 0.0943. The van der Waals surface area contributed by atoms with E-state index in [1.165, 1.54) is 0 Å². The fourth-order valence-corrected chi connectivity index (χ4v) is 2.32.